The maximum atomic E-state index is 10.3. The van der Waals surface area contributed by atoms with Crippen molar-refractivity contribution in [1.82, 2.24) is 5.32 Å². The fraction of sp³-hybridized carbons (Fsp3) is 0.889. The highest BCUT2D eigenvalue weighted by Crippen LogP contribution is 1.97. The van der Waals surface area contributed by atoms with Crippen molar-refractivity contribution in [2.45, 2.75) is 19.3 Å². The van der Waals surface area contributed by atoms with E-state index in [1.54, 1.807) is 14.2 Å². The Balaban J connectivity index is 3.45. The number of hydrogen-bond acceptors (Lipinski definition) is 5. The van der Waals surface area contributed by atoms with Crippen LogP contribution in [-0.2, 0) is 19.0 Å². The molecule has 0 aliphatic carbocycles. The highest BCUT2D eigenvalue weighted by molar-refractivity contribution is 5.74. The van der Waals surface area contributed by atoms with E-state index in [4.69, 9.17) is 19.9 Å². The number of primary amides is 1. The van der Waals surface area contributed by atoms with Gasteiger partial charge in [-0.2, -0.15) is 0 Å². The van der Waals surface area contributed by atoms with E-state index in [9.17, 15) is 4.79 Å². The zero-order chi connectivity index (χ0) is 11.7. The van der Waals surface area contributed by atoms with Gasteiger partial charge in [-0.15, -0.1) is 0 Å². The van der Waals surface area contributed by atoms with Crippen LogP contribution >= 0.6 is 0 Å². The molecule has 0 aliphatic heterocycles. The molecule has 1 unspecified atom stereocenters. The Kier molecular flexibility index (Phi) is 8.21. The number of carbonyl (C=O) groups excluding carboxylic acids is 1. The summed E-state index contributed by atoms with van der Waals surface area (Å²) in [7, 11) is 3.16. The standard InChI is InChI=1S/C9H20N2O4/c1-7(9(13-2)14-3)11-4-5-15-6-8(10)12/h7,9,11H,4-6H2,1-3H3,(H2,10,12). The molecule has 0 aromatic heterocycles. The van der Waals surface area contributed by atoms with Gasteiger partial charge in [0.25, 0.3) is 0 Å². The van der Waals surface area contributed by atoms with Gasteiger partial charge in [0.15, 0.2) is 6.29 Å². The number of rotatable bonds is 9. The van der Waals surface area contributed by atoms with E-state index < -0.39 is 5.91 Å². The van der Waals surface area contributed by atoms with E-state index in [1.165, 1.54) is 0 Å². The summed E-state index contributed by atoms with van der Waals surface area (Å²) in [5.74, 6) is -0.463. The predicted octanol–water partition coefficient (Wildman–Crippen LogP) is -0.915. The van der Waals surface area contributed by atoms with Gasteiger partial charge in [0.2, 0.25) is 5.91 Å². The van der Waals surface area contributed by atoms with Crippen LogP contribution in [0.3, 0.4) is 0 Å². The van der Waals surface area contributed by atoms with Gasteiger partial charge >= 0.3 is 0 Å². The normalized spacial score (nSPS) is 13.1. The summed E-state index contributed by atoms with van der Waals surface area (Å²) in [6.07, 6.45) is -0.291. The van der Waals surface area contributed by atoms with Gasteiger partial charge in [0, 0.05) is 20.8 Å². The van der Waals surface area contributed by atoms with Gasteiger partial charge in [-0.05, 0) is 6.92 Å². The molecule has 0 rings (SSSR count). The van der Waals surface area contributed by atoms with Gasteiger partial charge in [-0.1, -0.05) is 0 Å². The van der Waals surface area contributed by atoms with Crippen molar-refractivity contribution in [3.05, 3.63) is 0 Å². The number of hydrogen-bond donors (Lipinski definition) is 2. The average Bonchev–Trinajstić information content (AvgIpc) is 2.18. The third-order valence-electron chi connectivity index (χ3n) is 1.83. The molecule has 0 saturated carbocycles. The summed E-state index contributed by atoms with van der Waals surface area (Å²) in [4.78, 5) is 10.3. The van der Waals surface area contributed by atoms with Gasteiger partial charge in [-0.3, -0.25) is 4.79 Å². The monoisotopic (exact) mass is 220 g/mol. The third kappa shape index (κ3) is 7.26. The van der Waals surface area contributed by atoms with Crippen LogP contribution in [0.25, 0.3) is 0 Å². The predicted molar refractivity (Wildman–Crippen MR) is 55.3 cm³/mol. The Labute approximate surface area is 90.1 Å². The van der Waals surface area contributed by atoms with E-state index in [-0.39, 0.29) is 18.9 Å². The molecule has 0 spiro atoms. The quantitative estimate of drug-likeness (QED) is 0.388. The Morgan fingerprint density at radius 2 is 2.00 bits per heavy atom. The summed E-state index contributed by atoms with van der Waals surface area (Å²) in [5.41, 5.74) is 4.90. The maximum absolute atomic E-state index is 10.3. The van der Waals surface area contributed by atoms with Crippen molar-refractivity contribution in [3.8, 4) is 0 Å². The summed E-state index contributed by atoms with van der Waals surface area (Å²) < 4.78 is 15.1. The molecule has 3 N–H and O–H groups in total. The van der Waals surface area contributed by atoms with Crippen molar-refractivity contribution < 1.29 is 19.0 Å². The van der Waals surface area contributed by atoms with Crippen LogP contribution in [0, 0.1) is 0 Å². The van der Waals surface area contributed by atoms with E-state index in [0.29, 0.717) is 13.2 Å². The minimum Gasteiger partial charge on any atom is -0.370 e. The molecule has 15 heavy (non-hydrogen) atoms. The number of methoxy groups -OCH3 is 2. The van der Waals surface area contributed by atoms with Gasteiger partial charge in [0.1, 0.15) is 6.61 Å². The summed E-state index contributed by atoms with van der Waals surface area (Å²) in [5, 5.41) is 3.13. The Hall–Kier alpha value is -0.690. The first-order chi connectivity index (χ1) is 7.11. The van der Waals surface area contributed by atoms with Crippen LogP contribution in [0.15, 0.2) is 0 Å². The Morgan fingerprint density at radius 1 is 1.40 bits per heavy atom. The molecule has 0 saturated heterocycles. The number of nitrogens with one attached hydrogen (secondary N) is 1. The number of carbonyl (C=O) groups is 1. The molecule has 6 nitrogen and oxygen atoms in total. The topological polar surface area (TPSA) is 82.8 Å². The van der Waals surface area contributed by atoms with Crippen molar-refractivity contribution in [3.63, 3.8) is 0 Å². The van der Waals surface area contributed by atoms with Crippen molar-refractivity contribution >= 4 is 5.91 Å². The van der Waals surface area contributed by atoms with Gasteiger partial charge < -0.3 is 25.3 Å². The lowest BCUT2D eigenvalue weighted by atomic mass is 10.3. The molecule has 6 heteroatoms. The third-order valence-corrected chi connectivity index (χ3v) is 1.83. The van der Waals surface area contributed by atoms with Crippen molar-refractivity contribution in [1.29, 1.82) is 0 Å². The molecule has 0 fully saturated rings. The molecule has 0 bridgehead atoms. The van der Waals surface area contributed by atoms with Crippen LogP contribution < -0.4 is 11.1 Å². The average molecular weight is 220 g/mol. The zero-order valence-electron chi connectivity index (χ0n) is 9.49. The second kappa shape index (κ2) is 8.60. The largest absolute Gasteiger partial charge is 0.370 e. The van der Waals surface area contributed by atoms with Crippen LogP contribution in [0.5, 0.6) is 0 Å². The lowest BCUT2D eigenvalue weighted by molar-refractivity contribution is -0.123. The molecular weight excluding hydrogens is 200 g/mol. The first kappa shape index (κ1) is 14.3. The summed E-state index contributed by atoms with van der Waals surface area (Å²) >= 11 is 0. The molecule has 0 radical (unpaired) electrons. The molecule has 1 atom stereocenters. The number of ether oxygens (including phenoxy) is 3. The molecule has 0 aromatic rings. The zero-order valence-corrected chi connectivity index (χ0v) is 9.49. The van der Waals surface area contributed by atoms with Crippen LogP contribution in [0.2, 0.25) is 0 Å². The molecule has 1 amide bonds. The molecule has 90 valence electrons. The highest BCUT2D eigenvalue weighted by atomic mass is 16.7. The SMILES string of the molecule is COC(OC)C(C)NCCOCC(N)=O. The molecule has 0 aromatic carbocycles. The number of amides is 1. The van der Waals surface area contributed by atoms with Gasteiger partial charge in [0.05, 0.1) is 12.6 Å². The highest BCUT2D eigenvalue weighted by Gasteiger charge is 2.14. The Morgan fingerprint density at radius 3 is 2.47 bits per heavy atom. The number of nitrogens with two attached hydrogens (primary N) is 1. The van der Waals surface area contributed by atoms with Crippen molar-refractivity contribution in [2.75, 3.05) is 34.0 Å². The van der Waals surface area contributed by atoms with Crippen LogP contribution in [0.4, 0.5) is 0 Å². The summed E-state index contributed by atoms with van der Waals surface area (Å²) in [6.45, 7) is 2.92. The summed E-state index contributed by atoms with van der Waals surface area (Å²) in [6, 6.07) is 0.0529. The van der Waals surface area contributed by atoms with E-state index in [2.05, 4.69) is 5.32 Å². The maximum Gasteiger partial charge on any atom is 0.243 e. The van der Waals surface area contributed by atoms with Gasteiger partial charge in [-0.25, -0.2) is 0 Å². The second-order valence-electron chi connectivity index (χ2n) is 3.10. The molecule has 0 heterocycles. The lowest BCUT2D eigenvalue weighted by Gasteiger charge is -2.21. The fourth-order valence-corrected chi connectivity index (χ4v) is 1.13. The first-order valence-electron chi connectivity index (χ1n) is 4.76. The minimum atomic E-state index is -0.463. The fourth-order valence-electron chi connectivity index (χ4n) is 1.13. The van der Waals surface area contributed by atoms with E-state index >= 15 is 0 Å². The second-order valence-corrected chi connectivity index (χ2v) is 3.10. The lowest BCUT2D eigenvalue weighted by Crippen LogP contribution is -2.41. The van der Waals surface area contributed by atoms with E-state index in [0.717, 1.165) is 0 Å². The van der Waals surface area contributed by atoms with E-state index in [1.807, 2.05) is 6.92 Å². The Bertz CT molecular complexity index is 173. The van der Waals surface area contributed by atoms with Crippen LogP contribution in [0.1, 0.15) is 6.92 Å². The minimum absolute atomic E-state index is 0.0476. The smallest absolute Gasteiger partial charge is 0.243 e. The van der Waals surface area contributed by atoms with Crippen LogP contribution in [-0.4, -0.2) is 52.2 Å². The van der Waals surface area contributed by atoms with Crippen molar-refractivity contribution in [2.24, 2.45) is 5.73 Å². The molecular formula is C9H20N2O4. The first-order valence-corrected chi connectivity index (χ1v) is 4.76. The molecule has 0 aliphatic rings.